The Labute approximate surface area is 137 Å². The van der Waals surface area contributed by atoms with Crippen molar-refractivity contribution in [3.05, 3.63) is 23.5 Å². The molecule has 0 spiro atoms. The molecular formula is C16H24ClN3O2. The number of hydrogen-bond acceptors (Lipinski definition) is 4. The average molecular weight is 326 g/mol. The van der Waals surface area contributed by atoms with Crippen LogP contribution in [-0.2, 0) is 4.74 Å². The zero-order chi connectivity index (χ0) is 16.2. The Balaban J connectivity index is 1.86. The van der Waals surface area contributed by atoms with Gasteiger partial charge >= 0.3 is 6.09 Å². The third-order valence-corrected chi connectivity index (χ3v) is 3.85. The van der Waals surface area contributed by atoms with Crippen molar-refractivity contribution in [3.8, 4) is 0 Å². The summed E-state index contributed by atoms with van der Waals surface area (Å²) in [5.41, 5.74) is 0.379. The molecular weight excluding hydrogens is 302 g/mol. The number of piperidine rings is 1. The van der Waals surface area contributed by atoms with Crippen molar-refractivity contribution in [2.45, 2.75) is 39.2 Å². The molecule has 2 rings (SSSR count). The van der Waals surface area contributed by atoms with Gasteiger partial charge in [-0.05, 0) is 45.6 Å². The van der Waals surface area contributed by atoms with E-state index in [0.29, 0.717) is 17.5 Å². The summed E-state index contributed by atoms with van der Waals surface area (Å²) in [5.74, 6) is 0.387. The van der Waals surface area contributed by atoms with Gasteiger partial charge in [0.1, 0.15) is 5.60 Å². The average Bonchev–Trinajstić information content (AvgIpc) is 2.45. The third-order valence-electron chi connectivity index (χ3n) is 3.52. The van der Waals surface area contributed by atoms with E-state index in [1.165, 1.54) is 0 Å². The van der Waals surface area contributed by atoms with E-state index >= 15 is 0 Å². The van der Waals surface area contributed by atoms with Gasteiger partial charge in [-0.15, -0.1) is 0 Å². The molecule has 5 nitrogen and oxygen atoms in total. The van der Waals surface area contributed by atoms with Crippen molar-refractivity contribution < 1.29 is 9.53 Å². The minimum absolute atomic E-state index is 0.225. The van der Waals surface area contributed by atoms with Gasteiger partial charge in [-0.25, -0.2) is 4.79 Å². The van der Waals surface area contributed by atoms with Crippen LogP contribution in [-0.4, -0.2) is 41.2 Å². The molecule has 122 valence electrons. The molecule has 1 aromatic rings. The summed E-state index contributed by atoms with van der Waals surface area (Å²) in [7, 11) is 0. The zero-order valence-electron chi connectivity index (χ0n) is 13.4. The lowest BCUT2D eigenvalue weighted by atomic mass is 9.98. The van der Waals surface area contributed by atoms with Crippen LogP contribution in [0, 0.1) is 5.92 Å². The summed E-state index contributed by atoms with van der Waals surface area (Å²) in [6.45, 7) is 7.90. The van der Waals surface area contributed by atoms with Crippen molar-refractivity contribution in [3.63, 3.8) is 0 Å². The number of aromatic nitrogens is 1. The number of likely N-dealkylation sites (tertiary alicyclic amines) is 1. The van der Waals surface area contributed by atoms with Gasteiger partial charge in [0.15, 0.2) is 0 Å². The molecule has 0 saturated carbocycles. The molecule has 1 aliphatic rings. The topological polar surface area (TPSA) is 54.5 Å². The van der Waals surface area contributed by atoms with Crippen molar-refractivity contribution in [2.24, 2.45) is 5.92 Å². The second-order valence-corrected chi connectivity index (χ2v) is 7.08. The molecule has 1 unspecified atom stereocenters. The molecule has 1 atom stereocenters. The van der Waals surface area contributed by atoms with Crippen molar-refractivity contribution in [2.75, 3.05) is 25.0 Å². The summed E-state index contributed by atoms with van der Waals surface area (Å²) in [4.78, 5) is 18.0. The zero-order valence-corrected chi connectivity index (χ0v) is 14.2. The number of anilines is 1. The maximum atomic E-state index is 12.1. The fourth-order valence-electron chi connectivity index (χ4n) is 2.49. The maximum absolute atomic E-state index is 12.1. The SMILES string of the molecule is CC(C)(C)OC(=O)N1CCCC(CNc2cnccc2Cl)C1. The second kappa shape index (κ2) is 7.18. The van der Waals surface area contributed by atoms with Crippen molar-refractivity contribution in [1.29, 1.82) is 0 Å². The van der Waals surface area contributed by atoms with E-state index in [2.05, 4.69) is 10.3 Å². The van der Waals surface area contributed by atoms with E-state index in [9.17, 15) is 4.79 Å². The van der Waals surface area contributed by atoms with Crippen molar-refractivity contribution in [1.82, 2.24) is 9.88 Å². The number of nitrogens with zero attached hydrogens (tertiary/aromatic N) is 2. The predicted octanol–water partition coefficient (Wildman–Crippen LogP) is 3.79. The fourth-order valence-corrected chi connectivity index (χ4v) is 2.66. The molecule has 0 bridgehead atoms. The molecule has 6 heteroatoms. The minimum atomic E-state index is -0.453. The Bertz CT molecular complexity index is 516. The number of hydrogen-bond donors (Lipinski definition) is 1. The molecule has 0 radical (unpaired) electrons. The first-order valence-corrected chi connectivity index (χ1v) is 8.04. The number of carbonyl (C=O) groups is 1. The number of pyridine rings is 1. The first-order chi connectivity index (χ1) is 10.3. The summed E-state index contributed by atoms with van der Waals surface area (Å²) >= 11 is 6.11. The highest BCUT2D eigenvalue weighted by atomic mass is 35.5. The Hall–Kier alpha value is -1.49. The van der Waals surface area contributed by atoms with Crippen LogP contribution >= 0.6 is 11.6 Å². The number of halogens is 1. The molecule has 22 heavy (non-hydrogen) atoms. The standard InChI is InChI=1S/C16H24ClN3O2/c1-16(2,3)22-15(21)20-8-4-5-12(11-20)9-19-14-10-18-7-6-13(14)17/h6-7,10,12,19H,4-5,8-9,11H2,1-3H3. The van der Waals surface area contributed by atoms with Crippen molar-refractivity contribution >= 4 is 23.4 Å². The fraction of sp³-hybridized carbons (Fsp3) is 0.625. The highest BCUT2D eigenvalue weighted by Crippen LogP contribution is 2.23. The van der Waals surface area contributed by atoms with Gasteiger partial charge in [0.25, 0.3) is 0 Å². The lowest BCUT2D eigenvalue weighted by Gasteiger charge is -2.34. The number of nitrogens with one attached hydrogen (secondary N) is 1. The second-order valence-electron chi connectivity index (χ2n) is 6.67. The summed E-state index contributed by atoms with van der Waals surface area (Å²) in [6.07, 6.45) is 5.24. The van der Waals surface area contributed by atoms with E-state index < -0.39 is 5.60 Å². The highest BCUT2D eigenvalue weighted by molar-refractivity contribution is 6.33. The van der Waals surface area contributed by atoms with Crippen LogP contribution in [0.2, 0.25) is 5.02 Å². The molecule has 0 aromatic carbocycles. The Kier molecular flexibility index (Phi) is 5.51. The monoisotopic (exact) mass is 325 g/mol. The van der Waals surface area contributed by atoms with E-state index in [1.54, 1.807) is 23.4 Å². The number of carbonyl (C=O) groups excluding carboxylic acids is 1. The first-order valence-electron chi connectivity index (χ1n) is 7.66. The van der Waals surface area contributed by atoms with E-state index in [1.807, 2.05) is 20.8 Å². The Morgan fingerprint density at radius 1 is 1.55 bits per heavy atom. The Morgan fingerprint density at radius 2 is 2.32 bits per heavy atom. The van der Waals surface area contributed by atoms with Gasteiger partial charge in [-0.1, -0.05) is 11.6 Å². The number of ether oxygens (including phenoxy) is 1. The largest absolute Gasteiger partial charge is 0.444 e. The van der Waals surface area contributed by atoms with Crippen LogP contribution in [0.3, 0.4) is 0 Å². The number of amides is 1. The molecule has 1 saturated heterocycles. The first kappa shape index (κ1) is 16.9. The molecule has 1 N–H and O–H groups in total. The highest BCUT2D eigenvalue weighted by Gasteiger charge is 2.27. The Morgan fingerprint density at radius 3 is 3.00 bits per heavy atom. The normalized spacial score (nSPS) is 18.9. The summed E-state index contributed by atoms with van der Waals surface area (Å²) < 4.78 is 5.44. The molecule has 1 fully saturated rings. The van der Waals surface area contributed by atoms with Crippen LogP contribution in [0.4, 0.5) is 10.5 Å². The predicted molar refractivity (Wildman–Crippen MR) is 88.3 cm³/mol. The van der Waals surface area contributed by atoms with Gasteiger partial charge in [0.05, 0.1) is 16.9 Å². The quantitative estimate of drug-likeness (QED) is 0.918. The lowest BCUT2D eigenvalue weighted by molar-refractivity contribution is 0.0172. The van der Waals surface area contributed by atoms with Crippen LogP contribution in [0.1, 0.15) is 33.6 Å². The molecule has 1 amide bonds. The van der Waals surface area contributed by atoms with Crippen LogP contribution in [0.5, 0.6) is 0 Å². The summed E-state index contributed by atoms with van der Waals surface area (Å²) in [6, 6.07) is 1.76. The van der Waals surface area contributed by atoms with Gasteiger partial charge in [-0.2, -0.15) is 0 Å². The van der Waals surface area contributed by atoms with E-state index in [-0.39, 0.29) is 6.09 Å². The van der Waals surface area contributed by atoms with E-state index in [4.69, 9.17) is 16.3 Å². The molecule has 0 aliphatic carbocycles. The minimum Gasteiger partial charge on any atom is -0.444 e. The lowest BCUT2D eigenvalue weighted by Crippen LogP contribution is -2.44. The number of rotatable bonds is 3. The third kappa shape index (κ3) is 5.05. The van der Waals surface area contributed by atoms with Gasteiger partial charge in [0, 0.05) is 25.8 Å². The van der Waals surface area contributed by atoms with Gasteiger partial charge in [-0.3, -0.25) is 4.98 Å². The van der Waals surface area contributed by atoms with Gasteiger partial charge < -0.3 is 15.0 Å². The summed E-state index contributed by atoms with van der Waals surface area (Å²) in [5, 5.41) is 3.98. The molecule has 1 aliphatic heterocycles. The van der Waals surface area contributed by atoms with Crippen LogP contribution in [0.15, 0.2) is 18.5 Å². The van der Waals surface area contributed by atoms with E-state index in [0.717, 1.165) is 31.6 Å². The maximum Gasteiger partial charge on any atom is 0.410 e. The molecule has 1 aromatic heterocycles. The molecule has 2 heterocycles. The smallest absolute Gasteiger partial charge is 0.410 e. The van der Waals surface area contributed by atoms with Crippen LogP contribution in [0.25, 0.3) is 0 Å². The van der Waals surface area contributed by atoms with Gasteiger partial charge in [0.2, 0.25) is 0 Å². The van der Waals surface area contributed by atoms with Crippen LogP contribution < -0.4 is 5.32 Å².